The summed E-state index contributed by atoms with van der Waals surface area (Å²) in [6.07, 6.45) is 0. The SMILES string of the molecule is O=C(NCCOCCNC(=O)NS(=O)(=O)c1cccc(Cl)c1)NS(=O)(=O)c1cccc(Cl)c1. The number of hydrogen-bond donors (Lipinski definition) is 4. The number of urea groups is 2. The summed E-state index contributed by atoms with van der Waals surface area (Å²) in [5, 5.41) is 5.01. The van der Waals surface area contributed by atoms with Gasteiger partial charge in [0, 0.05) is 23.1 Å². The van der Waals surface area contributed by atoms with Crippen molar-refractivity contribution in [3.63, 3.8) is 0 Å². The van der Waals surface area contributed by atoms with Crippen LogP contribution in [0.3, 0.4) is 0 Å². The second-order valence-electron chi connectivity index (χ2n) is 6.25. The van der Waals surface area contributed by atoms with E-state index in [1.165, 1.54) is 48.5 Å². The van der Waals surface area contributed by atoms with Crippen molar-refractivity contribution < 1.29 is 31.2 Å². The Morgan fingerprint density at radius 2 is 1.12 bits per heavy atom. The van der Waals surface area contributed by atoms with Gasteiger partial charge in [0.15, 0.2) is 0 Å². The van der Waals surface area contributed by atoms with Crippen molar-refractivity contribution in [2.24, 2.45) is 0 Å². The molecule has 0 bridgehead atoms. The lowest BCUT2D eigenvalue weighted by Crippen LogP contribution is -2.41. The van der Waals surface area contributed by atoms with Gasteiger partial charge in [-0.2, -0.15) is 0 Å². The zero-order valence-corrected chi connectivity index (χ0v) is 20.0. The number of rotatable bonds is 10. The minimum Gasteiger partial charge on any atom is -0.378 e. The van der Waals surface area contributed by atoms with E-state index in [2.05, 4.69) is 10.6 Å². The van der Waals surface area contributed by atoms with Crippen molar-refractivity contribution in [2.75, 3.05) is 26.3 Å². The second kappa shape index (κ2) is 12.0. The Morgan fingerprint density at radius 1 is 0.727 bits per heavy atom. The van der Waals surface area contributed by atoms with E-state index in [1.54, 1.807) is 0 Å². The van der Waals surface area contributed by atoms with E-state index in [1.807, 2.05) is 9.44 Å². The molecule has 0 aromatic heterocycles. The van der Waals surface area contributed by atoms with Gasteiger partial charge in [0.1, 0.15) is 0 Å². The van der Waals surface area contributed by atoms with Gasteiger partial charge in [0.05, 0.1) is 23.0 Å². The van der Waals surface area contributed by atoms with E-state index in [-0.39, 0.29) is 46.1 Å². The Balaban J connectivity index is 1.63. The first-order chi connectivity index (χ1) is 15.5. The minimum absolute atomic E-state index is 0.00868. The molecular formula is C18H20Cl2N4O7S2. The van der Waals surface area contributed by atoms with Crippen LogP contribution in [0.15, 0.2) is 58.3 Å². The summed E-state index contributed by atoms with van der Waals surface area (Å²) >= 11 is 11.5. The fraction of sp³-hybridized carbons (Fsp3) is 0.222. The first-order valence-electron chi connectivity index (χ1n) is 9.20. The van der Waals surface area contributed by atoms with E-state index >= 15 is 0 Å². The molecule has 0 spiro atoms. The number of amides is 4. The summed E-state index contributed by atoms with van der Waals surface area (Å²) < 4.78 is 57.2. The summed E-state index contributed by atoms with van der Waals surface area (Å²) in [5.74, 6) is 0. The number of ether oxygens (including phenoxy) is 1. The molecule has 0 aliphatic rings. The van der Waals surface area contributed by atoms with Crippen molar-refractivity contribution in [1.29, 1.82) is 0 Å². The quantitative estimate of drug-likeness (QED) is 0.334. The standard InChI is InChI=1S/C18H20Cl2N4O7S2/c19-13-3-1-5-15(11-13)32(27,28)23-17(25)21-7-9-31-10-8-22-18(26)24-33(29,30)16-6-2-4-14(20)12-16/h1-6,11-12H,7-10H2,(H2,21,23,25)(H2,22,24,26). The number of halogens is 2. The number of carbonyl (C=O) groups is 2. The Labute approximate surface area is 200 Å². The molecular weight excluding hydrogens is 519 g/mol. The third kappa shape index (κ3) is 9.06. The fourth-order valence-corrected chi connectivity index (χ4v) is 4.74. The van der Waals surface area contributed by atoms with Crippen LogP contribution in [0.2, 0.25) is 10.0 Å². The normalized spacial score (nSPS) is 11.5. The fourth-order valence-electron chi connectivity index (χ4n) is 2.28. The Bertz CT molecular complexity index is 1110. The first-order valence-corrected chi connectivity index (χ1v) is 12.9. The van der Waals surface area contributed by atoms with Crippen molar-refractivity contribution >= 4 is 55.3 Å². The first kappa shape index (κ1) is 26.7. The molecule has 15 heteroatoms. The number of sulfonamides is 2. The van der Waals surface area contributed by atoms with E-state index in [9.17, 15) is 26.4 Å². The third-order valence-corrected chi connectivity index (χ3v) is 6.86. The van der Waals surface area contributed by atoms with Gasteiger partial charge in [0.25, 0.3) is 20.0 Å². The molecule has 2 rings (SSSR count). The zero-order valence-electron chi connectivity index (χ0n) is 16.9. The predicted octanol–water partition coefficient (Wildman–Crippen LogP) is 1.69. The van der Waals surface area contributed by atoms with Crippen molar-refractivity contribution in [3.05, 3.63) is 58.6 Å². The topological polar surface area (TPSA) is 160 Å². The largest absolute Gasteiger partial charge is 0.378 e. The van der Waals surface area contributed by atoms with Crippen LogP contribution in [0.4, 0.5) is 9.59 Å². The molecule has 0 unspecified atom stereocenters. The number of nitrogens with one attached hydrogen (secondary N) is 4. The van der Waals surface area contributed by atoms with Crippen molar-refractivity contribution in [3.8, 4) is 0 Å². The summed E-state index contributed by atoms with van der Waals surface area (Å²) in [6.45, 7) is -0.0258. The molecule has 0 radical (unpaired) electrons. The molecule has 0 heterocycles. The van der Waals surface area contributed by atoms with E-state index in [0.29, 0.717) is 0 Å². The lowest BCUT2D eigenvalue weighted by Gasteiger charge is -2.10. The molecule has 4 amide bonds. The molecule has 0 saturated carbocycles. The molecule has 33 heavy (non-hydrogen) atoms. The highest BCUT2D eigenvalue weighted by Gasteiger charge is 2.18. The van der Waals surface area contributed by atoms with Crippen molar-refractivity contribution in [2.45, 2.75) is 9.79 Å². The molecule has 0 fully saturated rings. The predicted molar refractivity (Wildman–Crippen MR) is 121 cm³/mol. The third-order valence-electron chi connectivity index (χ3n) is 3.73. The van der Waals surface area contributed by atoms with Crippen LogP contribution in [0, 0.1) is 0 Å². The molecule has 4 N–H and O–H groups in total. The lowest BCUT2D eigenvalue weighted by atomic mass is 10.4. The van der Waals surface area contributed by atoms with Gasteiger partial charge >= 0.3 is 12.1 Å². The highest BCUT2D eigenvalue weighted by atomic mass is 35.5. The Morgan fingerprint density at radius 3 is 1.48 bits per heavy atom. The molecule has 11 nitrogen and oxygen atoms in total. The molecule has 2 aromatic carbocycles. The van der Waals surface area contributed by atoms with Crippen LogP contribution >= 0.6 is 23.2 Å². The lowest BCUT2D eigenvalue weighted by molar-refractivity contribution is 0.139. The highest BCUT2D eigenvalue weighted by Crippen LogP contribution is 2.15. The summed E-state index contributed by atoms with van der Waals surface area (Å²) in [5.41, 5.74) is 0. The van der Waals surface area contributed by atoms with Crippen LogP contribution in [0.25, 0.3) is 0 Å². The van der Waals surface area contributed by atoms with Gasteiger partial charge in [-0.15, -0.1) is 0 Å². The van der Waals surface area contributed by atoms with Gasteiger partial charge in [-0.3, -0.25) is 0 Å². The van der Waals surface area contributed by atoms with Crippen LogP contribution in [0.1, 0.15) is 0 Å². The van der Waals surface area contributed by atoms with Gasteiger partial charge in [-0.05, 0) is 36.4 Å². The average molecular weight is 539 g/mol. The van der Waals surface area contributed by atoms with Gasteiger partial charge < -0.3 is 15.4 Å². The highest BCUT2D eigenvalue weighted by molar-refractivity contribution is 7.90. The van der Waals surface area contributed by atoms with Crippen molar-refractivity contribution in [1.82, 2.24) is 20.1 Å². The Kier molecular flexibility index (Phi) is 9.73. The monoisotopic (exact) mass is 538 g/mol. The number of carbonyl (C=O) groups excluding carboxylic acids is 2. The molecule has 0 aliphatic carbocycles. The smallest absolute Gasteiger partial charge is 0.328 e. The summed E-state index contributed by atoms with van der Waals surface area (Å²) in [7, 11) is -8.16. The maximum absolute atomic E-state index is 12.1. The Hall–Kier alpha value is -2.58. The zero-order chi connectivity index (χ0) is 24.5. The molecule has 0 aliphatic heterocycles. The van der Waals surface area contributed by atoms with E-state index in [0.717, 1.165) is 0 Å². The van der Waals surface area contributed by atoms with Gasteiger partial charge in [0.2, 0.25) is 0 Å². The van der Waals surface area contributed by atoms with Crippen LogP contribution in [-0.2, 0) is 24.8 Å². The maximum atomic E-state index is 12.1. The van der Waals surface area contributed by atoms with Crippen LogP contribution in [0.5, 0.6) is 0 Å². The molecule has 0 saturated heterocycles. The molecule has 180 valence electrons. The average Bonchev–Trinajstić information content (AvgIpc) is 2.72. The minimum atomic E-state index is -4.08. The van der Waals surface area contributed by atoms with Gasteiger partial charge in [-0.1, -0.05) is 35.3 Å². The summed E-state index contributed by atoms with van der Waals surface area (Å²) in [4.78, 5) is 23.2. The van der Waals surface area contributed by atoms with Gasteiger partial charge in [-0.25, -0.2) is 35.9 Å². The van der Waals surface area contributed by atoms with Crippen LogP contribution in [-0.4, -0.2) is 55.2 Å². The number of benzene rings is 2. The number of hydrogen-bond acceptors (Lipinski definition) is 7. The molecule has 2 aromatic rings. The maximum Gasteiger partial charge on any atom is 0.328 e. The van der Waals surface area contributed by atoms with E-state index < -0.39 is 32.1 Å². The van der Waals surface area contributed by atoms with E-state index in [4.69, 9.17) is 27.9 Å². The summed E-state index contributed by atoms with van der Waals surface area (Å²) in [6, 6.07) is 8.91. The second-order valence-corrected chi connectivity index (χ2v) is 10.5. The van der Waals surface area contributed by atoms with Crippen LogP contribution < -0.4 is 20.1 Å². The molecule has 0 atom stereocenters.